The van der Waals surface area contributed by atoms with Crippen LogP contribution in [0.25, 0.3) is 0 Å². The molecule has 0 aromatic heterocycles. The molecule has 0 saturated carbocycles. The van der Waals surface area contributed by atoms with Crippen LogP contribution in [0.4, 0.5) is 0 Å². The van der Waals surface area contributed by atoms with Gasteiger partial charge in [-0.05, 0) is 37.9 Å². The summed E-state index contributed by atoms with van der Waals surface area (Å²) in [5, 5.41) is 11.3. The van der Waals surface area contributed by atoms with Gasteiger partial charge in [0.25, 0.3) is 0 Å². The van der Waals surface area contributed by atoms with Crippen molar-refractivity contribution in [1.29, 1.82) is 0 Å². The van der Waals surface area contributed by atoms with Crippen molar-refractivity contribution in [1.82, 2.24) is 0 Å². The molecule has 0 atom stereocenters. The first-order valence-corrected chi connectivity index (χ1v) is 5.34. The van der Waals surface area contributed by atoms with Crippen LogP contribution >= 0.6 is 47.8 Å². The summed E-state index contributed by atoms with van der Waals surface area (Å²) >= 11 is 9.54. The molecule has 0 bridgehead atoms. The Morgan fingerprint density at radius 3 is 2.33 bits per heavy atom. The minimum atomic E-state index is -0.116. The van der Waals surface area contributed by atoms with E-state index in [9.17, 15) is 5.11 Å². The maximum Gasteiger partial charge on any atom is 0.146 e. The van der Waals surface area contributed by atoms with Crippen molar-refractivity contribution in [2.75, 3.05) is 7.11 Å². The van der Waals surface area contributed by atoms with Gasteiger partial charge in [0.2, 0.25) is 0 Å². The lowest BCUT2D eigenvalue weighted by molar-refractivity contribution is -0.270. The fourth-order valence-corrected chi connectivity index (χ4v) is 3.19. The van der Waals surface area contributed by atoms with Gasteiger partial charge in [-0.25, -0.2) is 0 Å². The quantitative estimate of drug-likeness (QED) is 0.772. The Hall–Kier alpha value is 0.260. The molecule has 1 aromatic carbocycles. The molecule has 1 rings (SSSR count). The van der Waals surface area contributed by atoms with Crippen molar-refractivity contribution in [3.8, 4) is 11.5 Å². The van der Waals surface area contributed by atoms with Gasteiger partial charge in [0.05, 0.1) is 16.1 Å². The molecule has 0 heterocycles. The summed E-state index contributed by atoms with van der Waals surface area (Å²) < 4.78 is 6.66. The number of methoxy groups -OCH3 is 1. The van der Waals surface area contributed by atoms with Gasteiger partial charge in [-0.1, -0.05) is 21.7 Å². The van der Waals surface area contributed by atoms with Crippen molar-refractivity contribution < 1.29 is 9.84 Å². The van der Waals surface area contributed by atoms with Crippen LogP contribution in [0.3, 0.4) is 0 Å². The normalized spacial score (nSPS) is 10.0. The fourth-order valence-electron chi connectivity index (χ4n) is 0.742. The van der Waals surface area contributed by atoms with Crippen LogP contribution in [0, 0.1) is 0 Å². The average molecular weight is 360 g/mol. The van der Waals surface area contributed by atoms with E-state index in [4.69, 9.17) is 4.74 Å². The monoisotopic (exact) mass is 357 g/mol. The van der Waals surface area contributed by atoms with E-state index in [1.54, 1.807) is 6.07 Å². The van der Waals surface area contributed by atoms with Crippen molar-refractivity contribution in [3.63, 3.8) is 0 Å². The summed E-state index contributed by atoms with van der Waals surface area (Å²) in [5.74, 6) is 0.401. The van der Waals surface area contributed by atoms with Crippen LogP contribution in [0.2, 0.25) is 0 Å². The van der Waals surface area contributed by atoms with E-state index in [0.29, 0.717) is 14.7 Å². The van der Waals surface area contributed by atoms with Crippen LogP contribution in [0.5, 0.6) is 11.5 Å². The topological polar surface area (TPSA) is 32.3 Å². The Morgan fingerprint density at radius 2 is 1.83 bits per heavy atom. The van der Waals surface area contributed by atoms with E-state index in [1.807, 2.05) is 0 Å². The van der Waals surface area contributed by atoms with Crippen LogP contribution < -0.4 is 9.84 Å². The second-order valence-corrected chi connectivity index (χ2v) is 4.52. The lowest BCUT2D eigenvalue weighted by atomic mass is 10.3. The van der Waals surface area contributed by atoms with Crippen molar-refractivity contribution >= 4 is 47.8 Å². The third-order valence-electron chi connectivity index (χ3n) is 1.29. The molecule has 0 aliphatic carbocycles. The van der Waals surface area contributed by atoms with Gasteiger partial charge >= 0.3 is 0 Å². The smallest absolute Gasteiger partial charge is 0.146 e. The summed E-state index contributed by atoms with van der Waals surface area (Å²) in [5.41, 5.74) is 0. The summed E-state index contributed by atoms with van der Waals surface area (Å²) in [7, 11) is 1.51. The second kappa shape index (κ2) is 3.98. The highest BCUT2D eigenvalue weighted by molar-refractivity contribution is 9.11. The van der Waals surface area contributed by atoms with Crippen LogP contribution in [0.15, 0.2) is 19.5 Å². The molecule has 5 heteroatoms. The largest absolute Gasteiger partial charge is 0.871 e. The van der Waals surface area contributed by atoms with E-state index in [0.717, 1.165) is 4.47 Å². The molecule has 66 valence electrons. The number of benzene rings is 1. The number of hydrogen-bond donors (Lipinski definition) is 0. The molecule has 0 aliphatic heterocycles. The Kier molecular flexibility index (Phi) is 3.43. The lowest BCUT2D eigenvalue weighted by Crippen LogP contribution is -1.96. The minimum Gasteiger partial charge on any atom is -0.871 e. The number of halogens is 3. The standard InChI is InChI=1S/C7H5Br3O2/c1-12-7-4(9)2-3(8)6(11)5(7)10/h2,11H,1H3/p-1. The zero-order valence-corrected chi connectivity index (χ0v) is 10.8. The third kappa shape index (κ3) is 1.78. The first kappa shape index (κ1) is 10.3. The van der Waals surface area contributed by atoms with Crippen molar-refractivity contribution in [2.45, 2.75) is 0 Å². The molecule has 0 saturated heterocycles. The molecule has 0 fully saturated rings. The molecule has 0 aliphatic rings. The molecule has 1 aromatic rings. The van der Waals surface area contributed by atoms with Gasteiger partial charge in [-0.15, -0.1) is 0 Å². The zero-order chi connectivity index (χ0) is 9.30. The second-order valence-electron chi connectivity index (χ2n) is 2.02. The Bertz CT molecular complexity index is 312. The Balaban J connectivity index is 3.40. The zero-order valence-electron chi connectivity index (χ0n) is 6.03. The lowest BCUT2D eigenvalue weighted by Gasteiger charge is -2.15. The predicted octanol–water partition coefficient (Wildman–Crippen LogP) is 3.06. The van der Waals surface area contributed by atoms with Gasteiger partial charge < -0.3 is 9.84 Å². The van der Waals surface area contributed by atoms with E-state index < -0.39 is 0 Å². The third-order valence-corrected chi connectivity index (χ3v) is 3.19. The van der Waals surface area contributed by atoms with Gasteiger partial charge in [-0.3, -0.25) is 0 Å². The van der Waals surface area contributed by atoms with E-state index >= 15 is 0 Å². The highest BCUT2D eigenvalue weighted by atomic mass is 79.9. The van der Waals surface area contributed by atoms with Crippen LogP contribution in [-0.2, 0) is 0 Å². The first-order chi connectivity index (χ1) is 5.57. The highest BCUT2D eigenvalue weighted by Crippen LogP contribution is 2.42. The number of rotatable bonds is 1. The average Bonchev–Trinajstić information content (AvgIpc) is 2.01. The first-order valence-electron chi connectivity index (χ1n) is 2.96. The predicted molar refractivity (Wildman–Crippen MR) is 55.5 cm³/mol. The van der Waals surface area contributed by atoms with Gasteiger partial charge in [0, 0.05) is 4.47 Å². The summed E-state index contributed by atoms with van der Waals surface area (Å²) in [6.45, 7) is 0. The summed E-state index contributed by atoms with van der Waals surface area (Å²) in [4.78, 5) is 0. The minimum absolute atomic E-state index is 0.116. The Morgan fingerprint density at radius 1 is 1.25 bits per heavy atom. The molecular weight excluding hydrogens is 356 g/mol. The SMILES string of the molecule is COc1c(Br)cc(Br)c([O-])c1Br. The molecule has 0 radical (unpaired) electrons. The Labute approximate surface area is 95.3 Å². The highest BCUT2D eigenvalue weighted by Gasteiger charge is 2.07. The maximum absolute atomic E-state index is 11.3. The van der Waals surface area contributed by atoms with E-state index in [1.165, 1.54) is 7.11 Å². The molecule has 0 unspecified atom stereocenters. The van der Waals surface area contributed by atoms with Crippen molar-refractivity contribution in [2.24, 2.45) is 0 Å². The van der Waals surface area contributed by atoms with Gasteiger partial charge in [-0.2, -0.15) is 0 Å². The van der Waals surface area contributed by atoms with Crippen molar-refractivity contribution in [3.05, 3.63) is 19.5 Å². The maximum atomic E-state index is 11.3. The van der Waals surface area contributed by atoms with Gasteiger partial charge in [0.15, 0.2) is 0 Å². The van der Waals surface area contributed by atoms with Crippen LogP contribution in [-0.4, -0.2) is 7.11 Å². The molecule has 0 amide bonds. The number of ether oxygens (including phenoxy) is 1. The summed E-state index contributed by atoms with van der Waals surface area (Å²) in [6.07, 6.45) is 0. The van der Waals surface area contributed by atoms with E-state index in [-0.39, 0.29) is 5.75 Å². The van der Waals surface area contributed by atoms with Crippen LogP contribution in [0.1, 0.15) is 0 Å². The fraction of sp³-hybridized carbons (Fsp3) is 0.143. The molecule has 12 heavy (non-hydrogen) atoms. The molecular formula is C7H4Br3O2-. The summed E-state index contributed by atoms with van der Waals surface area (Å²) in [6, 6.07) is 1.66. The molecule has 0 N–H and O–H groups in total. The van der Waals surface area contributed by atoms with E-state index in [2.05, 4.69) is 47.8 Å². The molecule has 0 spiro atoms. The van der Waals surface area contributed by atoms with Gasteiger partial charge in [0.1, 0.15) is 5.75 Å². The number of hydrogen-bond acceptors (Lipinski definition) is 2. The molecule has 2 nitrogen and oxygen atoms in total.